The highest BCUT2D eigenvalue weighted by Crippen LogP contribution is 2.37. The number of anilines is 1. The molecule has 1 aliphatic heterocycles. The number of fused-ring (bicyclic) bond motifs is 1. The molecule has 29 heavy (non-hydrogen) atoms. The summed E-state index contributed by atoms with van der Waals surface area (Å²) in [6.07, 6.45) is 3.43. The Labute approximate surface area is 175 Å². The number of carbonyl (C=O) groups excluding carboxylic acids is 1. The van der Waals surface area contributed by atoms with Crippen LogP contribution in [0, 0.1) is 19.8 Å². The van der Waals surface area contributed by atoms with Crippen molar-refractivity contribution in [3.8, 4) is 0 Å². The van der Waals surface area contributed by atoms with Gasteiger partial charge in [0.25, 0.3) is 0 Å². The molecular formula is C23H27N3O2S. The fourth-order valence-corrected chi connectivity index (χ4v) is 5.25. The Balaban J connectivity index is 1.57. The van der Waals surface area contributed by atoms with Gasteiger partial charge in [-0.3, -0.25) is 0 Å². The molecule has 0 atom stereocenters. The van der Waals surface area contributed by atoms with E-state index in [1.807, 2.05) is 20.8 Å². The van der Waals surface area contributed by atoms with E-state index in [0.717, 1.165) is 59.8 Å². The summed E-state index contributed by atoms with van der Waals surface area (Å²) in [7, 11) is 0. The first-order valence-corrected chi connectivity index (χ1v) is 11.1. The lowest BCUT2D eigenvalue weighted by molar-refractivity contribution is 0.0531. The number of benzene rings is 1. The third kappa shape index (κ3) is 4.13. The molecule has 3 aromatic rings. The van der Waals surface area contributed by atoms with Gasteiger partial charge >= 0.3 is 5.97 Å². The monoisotopic (exact) mass is 409 g/mol. The molecule has 0 saturated carbocycles. The minimum absolute atomic E-state index is 0.266. The molecule has 1 aromatic carbocycles. The lowest BCUT2D eigenvalue weighted by atomic mass is 9.90. The highest BCUT2D eigenvalue weighted by molar-refractivity contribution is 7.20. The van der Waals surface area contributed by atoms with Crippen LogP contribution in [-0.4, -0.2) is 35.6 Å². The largest absolute Gasteiger partial charge is 0.462 e. The summed E-state index contributed by atoms with van der Waals surface area (Å²) in [6.45, 7) is 8.06. The molecule has 0 aliphatic carbocycles. The SMILES string of the molecule is CCOC(=O)c1sc2nc(C)nc(N3CCC(Cc4ccccc4)CC3)c2c1C. The maximum Gasteiger partial charge on any atom is 0.348 e. The number of rotatable bonds is 5. The molecule has 0 amide bonds. The number of nitrogens with zero attached hydrogens (tertiary/aromatic N) is 3. The van der Waals surface area contributed by atoms with Crippen LogP contribution >= 0.6 is 11.3 Å². The van der Waals surface area contributed by atoms with Gasteiger partial charge in [-0.25, -0.2) is 14.8 Å². The second-order valence-corrected chi connectivity index (χ2v) is 8.67. The van der Waals surface area contributed by atoms with Gasteiger partial charge in [0, 0.05) is 13.1 Å². The van der Waals surface area contributed by atoms with Crippen LogP contribution in [0.1, 0.15) is 46.4 Å². The first kappa shape index (κ1) is 19.8. The summed E-state index contributed by atoms with van der Waals surface area (Å²) in [5.41, 5.74) is 2.35. The molecule has 1 aliphatic rings. The minimum atomic E-state index is -0.266. The van der Waals surface area contributed by atoms with Crippen LogP contribution in [0.4, 0.5) is 5.82 Å². The summed E-state index contributed by atoms with van der Waals surface area (Å²) in [6, 6.07) is 10.7. The van der Waals surface area contributed by atoms with E-state index in [1.165, 1.54) is 16.9 Å². The van der Waals surface area contributed by atoms with E-state index in [0.29, 0.717) is 17.4 Å². The van der Waals surface area contributed by atoms with Crippen molar-refractivity contribution >= 4 is 33.3 Å². The van der Waals surface area contributed by atoms with E-state index in [4.69, 9.17) is 9.72 Å². The van der Waals surface area contributed by atoms with Gasteiger partial charge in [0.2, 0.25) is 0 Å². The zero-order valence-corrected chi connectivity index (χ0v) is 18.1. The van der Waals surface area contributed by atoms with Gasteiger partial charge in [0.05, 0.1) is 12.0 Å². The minimum Gasteiger partial charge on any atom is -0.462 e. The molecule has 152 valence electrons. The molecule has 2 aromatic heterocycles. The average molecular weight is 410 g/mol. The van der Waals surface area contributed by atoms with Crippen molar-refractivity contribution in [3.63, 3.8) is 0 Å². The Morgan fingerprint density at radius 3 is 2.59 bits per heavy atom. The molecule has 1 fully saturated rings. The lowest BCUT2D eigenvalue weighted by Crippen LogP contribution is -2.35. The first-order valence-electron chi connectivity index (χ1n) is 10.3. The maximum atomic E-state index is 12.4. The van der Waals surface area contributed by atoms with Gasteiger partial charge in [0.15, 0.2) is 0 Å². The van der Waals surface area contributed by atoms with E-state index in [-0.39, 0.29) is 5.97 Å². The van der Waals surface area contributed by atoms with Crippen molar-refractivity contribution in [2.75, 3.05) is 24.6 Å². The van der Waals surface area contributed by atoms with Gasteiger partial charge in [-0.2, -0.15) is 0 Å². The predicted octanol–water partition coefficient (Wildman–Crippen LogP) is 4.94. The van der Waals surface area contributed by atoms with Crippen LogP contribution in [0.5, 0.6) is 0 Å². The van der Waals surface area contributed by atoms with Crippen molar-refractivity contribution in [2.45, 2.75) is 40.0 Å². The van der Waals surface area contributed by atoms with E-state index in [1.54, 1.807) is 0 Å². The number of hydrogen-bond donors (Lipinski definition) is 0. The van der Waals surface area contributed by atoms with Gasteiger partial charge in [0.1, 0.15) is 21.3 Å². The Kier molecular flexibility index (Phi) is 5.81. The molecule has 4 rings (SSSR count). The summed E-state index contributed by atoms with van der Waals surface area (Å²) < 4.78 is 5.23. The fourth-order valence-electron chi connectivity index (χ4n) is 4.14. The molecule has 6 heteroatoms. The molecule has 5 nitrogen and oxygen atoms in total. The van der Waals surface area contributed by atoms with Crippen LogP contribution in [0.15, 0.2) is 30.3 Å². The standard InChI is InChI=1S/C23H27N3O2S/c1-4-28-23(27)20-15(2)19-21(24-16(3)25-22(19)29-20)26-12-10-18(11-13-26)14-17-8-6-5-7-9-17/h5-9,18H,4,10-14H2,1-3H3. The van der Waals surface area contributed by atoms with Crippen molar-refractivity contribution in [1.82, 2.24) is 9.97 Å². The molecule has 0 bridgehead atoms. The third-order valence-electron chi connectivity index (χ3n) is 5.62. The Morgan fingerprint density at radius 1 is 1.17 bits per heavy atom. The molecule has 0 spiro atoms. The summed E-state index contributed by atoms with van der Waals surface area (Å²) >= 11 is 1.41. The Morgan fingerprint density at radius 2 is 1.90 bits per heavy atom. The van der Waals surface area contributed by atoms with E-state index < -0.39 is 0 Å². The molecule has 0 unspecified atom stereocenters. The van der Waals surface area contributed by atoms with Crippen LogP contribution in [0.3, 0.4) is 0 Å². The Hall–Kier alpha value is -2.47. The highest BCUT2D eigenvalue weighted by atomic mass is 32.1. The Bertz CT molecular complexity index is 1010. The van der Waals surface area contributed by atoms with Gasteiger partial charge in [-0.1, -0.05) is 30.3 Å². The number of carbonyl (C=O) groups is 1. The smallest absolute Gasteiger partial charge is 0.348 e. The second kappa shape index (κ2) is 8.49. The van der Waals surface area contributed by atoms with E-state index in [2.05, 4.69) is 40.2 Å². The summed E-state index contributed by atoms with van der Waals surface area (Å²) in [5.74, 6) is 2.15. The maximum absolute atomic E-state index is 12.4. The number of esters is 1. The van der Waals surface area contributed by atoms with Crippen LogP contribution in [0.2, 0.25) is 0 Å². The van der Waals surface area contributed by atoms with E-state index >= 15 is 0 Å². The van der Waals surface area contributed by atoms with Crippen molar-refractivity contribution < 1.29 is 9.53 Å². The van der Waals surface area contributed by atoms with Crippen molar-refractivity contribution in [2.24, 2.45) is 5.92 Å². The number of thiophene rings is 1. The zero-order chi connectivity index (χ0) is 20.4. The molecular weight excluding hydrogens is 382 g/mol. The van der Waals surface area contributed by atoms with Gasteiger partial charge < -0.3 is 9.64 Å². The van der Waals surface area contributed by atoms with E-state index in [9.17, 15) is 4.79 Å². The summed E-state index contributed by atoms with van der Waals surface area (Å²) in [4.78, 5) is 25.6. The normalized spacial score (nSPS) is 15.1. The topological polar surface area (TPSA) is 55.3 Å². The quantitative estimate of drug-likeness (QED) is 0.559. The lowest BCUT2D eigenvalue weighted by Gasteiger charge is -2.33. The van der Waals surface area contributed by atoms with Gasteiger partial charge in [-0.15, -0.1) is 11.3 Å². The second-order valence-electron chi connectivity index (χ2n) is 7.67. The van der Waals surface area contributed by atoms with Crippen molar-refractivity contribution in [1.29, 1.82) is 0 Å². The fraction of sp³-hybridized carbons (Fsp3) is 0.435. The summed E-state index contributed by atoms with van der Waals surface area (Å²) in [5, 5.41) is 1.00. The molecule has 0 N–H and O–H groups in total. The molecule has 1 saturated heterocycles. The predicted molar refractivity (Wildman–Crippen MR) is 118 cm³/mol. The number of hydrogen-bond acceptors (Lipinski definition) is 6. The number of aromatic nitrogens is 2. The number of ether oxygens (including phenoxy) is 1. The van der Waals surface area contributed by atoms with Crippen LogP contribution in [0.25, 0.3) is 10.2 Å². The number of aryl methyl sites for hydroxylation is 2. The molecule has 0 radical (unpaired) electrons. The van der Waals surface area contributed by atoms with Crippen LogP contribution < -0.4 is 4.90 Å². The van der Waals surface area contributed by atoms with Crippen molar-refractivity contribution in [3.05, 3.63) is 52.2 Å². The average Bonchev–Trinajstić information content (AvgIpc) is 3.05. The molecule has 3 heterocycles. The zero-order valence-electron chi connectivity index (χ0n) is 17.3. The first-order chi connectivity index (χ1) is 14.1. The number of piperidine rings is 1. The van der Waals surface area contributed by atoms with Gasteiger partial charge in [-0.05, 0) is 57.1 Å². The third-order valence-corrected chi connectivity index (χ3v) is 6.79. The highest BCUT2D eigenvalue weighted by Gasteiger charge is 2.26. The van der Waals surface area contributed by atoms with Crippen LogP contribution in [-0.2, 0) is 11.2 Å².